The highest BCUT2D eigenvalue weighted by Gasteiger charge is 2.12. The predicted octanol–water partition coefficient (Wildman–Crippen LogP) is 2.19. The number of carbonyl (C=O) groups excluding carboxylic acids is 1. The number of esters is 1. The molecule has 18 heavy (non-hydrogen) atoms. The van der Waals surface area contributed by atoms with E-state index in [2.05, 4.69) is 0 Å². The largest absolute Gasteiger partial charge is 0.488 e. The zero-order chi connectivity index (χ0) is 13.6. The van der Waals surface area contributed by atoms with Gasteiger partial charge >= 0.3 is 5.97 Å². The predicted molar refractivity (Wildman–Crippen MR) is 76.5 cm³/mol. The summed E-state index contributed by atoms with van der Waals surface area (Å²) in [6, 6.07) is 8.24. The van der Waals surface area contributed by atoms with Gasteiger partial charge in [0, 0.05) is 10.2 Å². The molecule has 100 valence electrons. The lowest BCUT2D eigenvalue weighted by Crippen LogP contribution is -2.22. The van der Waals surface area contributed by atoms with E-state index in [4.69, 9.17) is 9.47 Å². The zero-order valence-corrected chi connectivity index (χ0v) is 13.7. The summed E-state index contributed by atoms with van der Waals surface area (Å²) in [4.78, 5) is 11.7. The summed E-state index contributed by atoms with van der Waals surface area (Å²) in [6.07, 6.45) is 0.961. The lowest BCUT2D eigenvalue weighted by atomic mass is 10.1. The van der Waals surface area contributed by atoms with Crippen LogP contribution < -0.4 is 4.74 Å². The molecule has 0 fully saturated rings. The SMILES string of the molecule is CC(C)(C)Oc1ccc(C(=O)OCCC[SiH3])cc1. The number of carbonyl (C=O) groups is 1. The van der Waals surface area contributed by atoms with Gasteiger partial charge in [0.25, 0.3) is 0 Å². The quantitative estimate of drug-likeness (QED) is 0.465. The fraction of sp³-hybridized carbons (Fsp3) is 0.500. The first-order valence-electron chi connectivity index (χ1n) is 6.38. The van der Waals surface area contributed by atoms with Crippen LogP contribution in [0.3, 0.4) is 0 Å². The van der Waals surface area contributed by atoms with Crippen molar-refractivity contribution in [3.63, 3.8) is 0 Å². The summed E-state index contributed by atoms with van der Waals surface area (Å²) in [7, 11) is 1.16. The van der Waals surface area contributed by atoms with Crippen molar-refractivity contribution in [1.82, 2.24) is 0 Å². The molecule has 3 nitrogen and oxygen atoms in total. The van der Waals surface area contributed by atoms with Crippen molar-refractivity contribution in [3.05, 3.63) is 29.8 Å². The van der Waals surface area contributed by atoms with Crippen LogP contribution in [0.5, 0.6) is 5.75 Å². The van der Waals surface area contributed by atoms with Gasteiger partial charge in [-0.15, -0.1) is 0 Å². The van der Waals surface area contributed by atoms with E-state index in [1.165, 1.54) is 0 Å². The van der Waals surface area contributed by atoms with Crippen LogP contribution in [0.4, 0.5) is 0 Å². The Morgan fingerprint density at radius 2 is 1.83 bits per heavy atom. The second-order valence-electron chi connectivity index (χ2n) is 5.23. The molecule has 0 saturated carbocycles. The molecule has 0 radical (unpaired) electrons. The smallest absolute Gasteiger partial charge is 0.338 e. The second kappa shape index (κ2) is 6.59. The van der Waals surface area contributed by atoms with Gasteiger partial charge < -0.3 is 9.47 Å². The van der Waals surface area contributed by atoms with Gasteiger partial charge in [0.05, 0.1) is 12.2 Å². The Bertz CT molecular complexity index is 379. The van der Waals surface area contributed by atoms with E-state index in [0.717, 1.165) is 28.5 Å². The monoisotopic (exact) mass is 266 g/mol. The minimum Gasteiger partial charge on any atom is -0.488 e. The molecule has 0 aromatic heterocycles. The third-order valence-corrected chi connectivity index (χ3v) is 2.95. The third-order valence-electron chi connectivity index (χ3n) is 2.25. The van der Waals surface area contributed by atoms with Crippen molar-refractivity contribution < 1.29 is 14.3 Å². The summed E-state index contributed by atoms with van der Waals surface area (Å²) in [5.74, 6) is 0.506. The van der Waals surface area contributed by atoms with Crippen molar-refractivity contribution in [1.29, 1.82) is 0 Å². The number of hydrogen-bond acceptors (Lipinski definition) is 3. The van der Waals surface area contributed by atoms with Crippen molar-refractivity contribution >= 4 is 16.2 Å². The number of rotatable bonds is 5. The van der Waals surface area contributed by atoms with E-state index in [1.807, 2.05) is 20.8 Å². The maximum atomic E-state index is 11.7. The minimum absolute atomic E-state index is 0.229. The molecule has 0 atom stereocenters. The van der Waals surface area contributed by atoms with Gasteiger partial charge in [0.1, 0.15) is 11.4 Å². The van der Waals surface area contributed by atoms with Crippen molar-refractivity contribution in [2.75, 3.05) is 6.61 Å². The molecule has 0 N–H and O–H groups in total. The topological polar surface area (TPSA) is 35.5 Å². The maximum absolute atomic E-state index is 11.7. The highest BCUT2D eigenvalue weighted by molar-refractivity contribution is 6.08. The fourth-order valence-electron chi connectivity index (χ4n) is 1.41. The van der Waals surface area contributed by atoms with Crippen LogP contribution in [0.1, 0.15) is 37.6 Å². The molecule has 0 heterocycles. The van der Waals surface area contributed by atoms with Gasteiger partial charge in [-0.1, -0.05) is 6.04 Å². The summed E-state index contributed by atoms with van der Waals surface area (Å²) in [5.41, 5.74) is 0.345. The summed E-state index contributed by atoms with van der Waals surface area (Å²) >= 11 is 0. The van der Waals surface area contributed by atoms with Crippen LogP contribution in [-0.2, 0) is 4.74 Å². The van der Waals surface area contributed by atoms with Crippen molar-refractivity contribution in [3.8, 4) is 5.75 Å². The lowest BCUT2D eigenvalue weighted by molar-refractivity contribution is 0.0505. The number of ether oxygens (including phenoxy) is 2. The van der Waals surface area contributed by atoms with Crippen LogP contribution in [0.15, 0.2) is 24.3 Å². The Morgan fingerprint density at radius 1 is 1.22 bits per heavy atom. The third kappa shape index (κ3) is 5.36. The van der Waals surface area contributed by atoms with Gasteiger partial charge in [-0.05, 0) is 51.5 Å². The minimum atomic E-state index is -0.257. The Hall–Kier alpha value is -1.29. The Morgan fingerprint density at radius 3 is 2.33 bits per heavy atom. The average Bonchev–Trinajstić information content (AvgIpc) is 2.28. The Balaban J connectivity index is 2.57. The normalized spacial score (nSPS) is 11.3. The standard InChI is InChI=1S/C14H22O3Si/c1-14(2,3)17-12-7-5-11(6-8-12)13(15)16-9-4-10-18/h5-8H,4,9-10H2,1-3,18H3. The second-order valence-corrected chi connectivity index (χ2v) is 6.23. The first-order valence-corrected chi connectivity index (χ1v) is 7.80. The van der Waals surface area contributed by atoms with Crippen LogP contribution in [0.2, 0.25) is 6.04 Å². The van der Waals surface area contributed by atoms with E-state index in [0.29, 0.717) is 12.2 Å². The molecule has 1 rings (SSSR count). The van der Waals surface area contributed by atoms with Crippen molar-refractivity contribution in [2.45, 2.75) is 38.8 Å². The van der Waals surface area contributed by atoms with Gasteiger partial charge in [0.2, 0.25) is 0 Å². The first-order chi connectivity index (χ1) is 8.42. The molecule has 1 aromatic carbocycles. The van der Waals surface area contributed by atoms with Gasteiger partial charge in [-0.3, -0.25) is 0 Å². The molecule has 0 amide bonds. The highest BCUT2D eigenvalue weighted by Crippen LogP contribution is 2.18. The van der Waals surface area contributed by atoms with Gasteiger partial charge in [-0.25, -0.2) is 4.79 Å². The number of hydrogen-bond donors (Lipinski definition) is 0. The molecular formula is C14H22O3Si. The Kier molecular flexibility index (Phi) is 5.41. The highest BCUT2D eigenvalue weighted by atomic mass is 28.1. The lowest BCUT2D eigenvalue weighted by Gasteiger charge is -2.21. The fourth-order valence-corrected chi connectivity index (χ4v) is 1.69. The summed E-state index contributed by atoms with van der Waals surface area (Å²) < 4.78 is 10.8. The van der Waals surface area contributed by atoms with Crippen molar-refractivity contribution in [2.24, 2.45) is 0 Å². The van der Waals surface area contributed by atoms with Crippen LogP contribution >= 0.6 is 0 Å². The molecular weight excluding hydrogens is 244 g/mol. The zero-order valence-electron chi connectivity index (χ0n) is 11.7. The van der Waals surface area contributed by atoms with E-state index in [9.17, 15) is 4.79 Å². The molecule has 4 heteroatoms. The molecule has 0 spiro atoms. The molecule has 0 aliphatic rings. The van der Waals surface area contributed by atoms with Crippen LogP contribution in [0, 0.1) is 0 Å². The van der Waals surface area contributed by atoms with E-state index in [-0.39, 0.29) is 11.6 Å². The number of benzene rings is 1. The van der Waals surface area contributed by atoms with E-state index >= 15 is 0 Å². The first kappa shape index (κ1) is 14.8. The molecule has 0 saturated heterocycles. The molecule has 0 aliphatic heterocycles. The van der Waals surface area contributed by atoms with E-state index in [1.54, 1.807) is 24.3 Å². The summed E-state index contributed by atoms with van der Waals surface area (Å²) in [5, 5.41) is 0. The maximum Gasteiger partial charge on any atom is 0.338 e. The Labute approximate surface area is 112 Å². The average molecular weight is 266 g/mol. The van der Waals surface area contributed by atoms with Crippen LogP contribution in [-0.4, -0.2) is 28.4 Å². The molecule has 0 bridgehead atoms. The molecule has 1 aromatic rings. The molecule has 0 unspecified atom stereocenters. The van der Waals surface area contributed by atoms with Gasteiger partial charge in [0.15, 0.2) is 0 Å². The van der Waals surface area contributed by atoms with Crippen LogP contribution in [0.25, 0.3) is 0 Å². The molecule has 0 aliphatic carbocycles. The van der Waals surface area contributed by atoms with Gasteiger partial charge in [-0.2, -0.15) is 0 Å². The summed E-state index contributed by atoms with van der Waals surface area (Å²) in [6.45, 7) is 6.48. The van der Waals surface area contributed by atoms with E-state index < -0.39 is 0 Å².